The number of carbonyl (C=O) groups excluding carboxylic acids is 3. The summed E-state index contributed by atoms with van der Waals surface area (Å²) in [5.41, 5.74) is 0.678. The van der Waals surface area contributed by atoms with Gasteiger partial charge in [0.2, 0.25) is 0 Å². The Morgan fingerprint density at radius 1 is 1.11 bits per heavy atom. The first-order valence-corrected chi connectivity index (χ1v) is 8.93. The van der Waals surface area contributed by atoms with Crippen molar-refractivity contribution in [3.8, 4) is 0 Å². The van der Waals surface area contributed by atoms with Crippen molar-refractivity contribution in [2.45, 2.75) is 19.9 Å². The topological polar surface area (TPSA) is 84.5 Å². The van der Waals surface area contributed by atoms with Crippen molar-refractivity contribution in [3.63, 3.8) is 0 Å². The summed E-state index contributed by atoms with van der Waals surface area (Å²) < 4.78 is 18.2. The molecule has 2 rings (SSSR count). The van der Waals surface area contributed by atoms with Crippen molar-refractivity contribution >= 4 is 35.1 Å². The van der Waals surface area contributed by atoms with Crippen LogP contribution in [-0.2, 0) is 14.3 Å². The van der Waals surface area contributed by atoms with E-state index in [4.69, 9.17) is 16.3 Å². The Balaban J connectivity index is 1.91. The number of hydrogen-bond acceptors (Lipinski definition) is 4. The summed E-state index contributed by atoms with van der Waals surface area (Å²) in [6, 6.07) is 11.2. The average molecular weight is 407 g/mol. The molecule has 1 unspecified atom stereocenters. The fourth-order valence-electron chi connectivity index (χ4n) is 2.31. The third-order valence-corrected chi connectivity index (χ3v) is 4.08. The maximum absolute atomic E-state index is 13.1. The SMILES string of the molecule is CC(C)C(NC(=O)c1ccccc1)C(=O)OCC(=O)Nc1ccc(F)c(Cl)c1. The van der Waals surface area contributed by atoms with Gasteiger partial charge in [0.15, 0.2) is 6.61 Å². The van der Waals surface area contributed by atoms with Crippen molar-refractivity contribution in [1.82, 2.24) is 5.32 Å². The largest absolute Gasteiger partial charge is 0.454 e. The Morgan fingerprint density at radius 3 is 2.39 bits per heavy atom. The number of ether oxygens (including phenoxy) is 1. The molecule has 0 saturated heterocycles. The zero-order chi connectivity index (χ0) is 20.7. The van der Waals surface area contributed by atoms with E-state index in [1.807, 2.05) is 0 Å². The van der Waals surface area contributed by atoms with Gasteiger partial charge in [-0.15, -0.1) is 0 Å². The second-order valence-corrected chi connectivity index (χ2v) is 6.75. The van der Waals surface area contributed by atoms with E-state index >= 15 is 0 Å². The molecule has 0 radical (unpaired) electrons. The van der Waals surface area contributed by atoms with Crippen molar-refractivity contribution in [1.29, 1.82) is 0 Å². The first-order valence-electron chi connectivity index (χ1n) is 8.55. The van der Waals surface area contributed by atoms with Gasteiger partial charge in [0, 0.05) is 11.3 Å². The van der Waals surface area contributed by atoms with Crippen molar-refractivity contribution < 1.29 is 23.5 Å². The fraction of sp³-hybridized carbons (Fsp3) is 0.250. The van der Waals surface area contributed by atoms with Gasteiger partial charge in [0.05, 0.1) is 5.02 Å². The number of benzene rings is 2. The zero-order valence-corrected chi connectivity index (χ0v) is 16.1. The van der Waals surface area contributed by atoms with E-state index in [-0.39, 0.29) is 16.6 Å². The number of rotatable bonds is 7. The Kier molecular flexibility index (Phi) is 7.52. The minimum absolute atomic E-state index is 0.140. The molecule has 28 heavy (non-hydrogen) atoms. The van der Waals surface area contributed by atoms with Crippen LogP contribution < -0.4 is 10.6 Å². The Hall–Kier alpha value is -2.93. The summed E-state index contributed by atoms with van der Waals surface area (Å²) in [5.74, 6) is -2.62. The molecule has 0 saturated carbocycles. The summed E-state index contributed by atoms with van der Waals surface area (Å²) in [4.78, 5) is 36.5. The monoisotopic (exact) mass is 406 g/mol. The Bertz CT molecular complexity index is 859. The van der Waals surface area contributed by atoms with Crippen LogP contribution in [0.3, 0.4) is 0 Å². The first kappa shape index (κ1) is 21.4. The molecular formula is C20H20ClFN2O4. The minimum Gasteiger partial charge on any atom is -0.454 e. The molecule has 0 bridgehead atoms. The minimum atomic E-state index is -0.916. The second-order valence-electron chi connectivity index (χ2n) is 6.35. The van der Waals surface area contributed by atoms with Crippen LogP contribution in [0.5, 0.6) is 0 Å². The molecule has 0 heterocycles. The molecule has 0 aliphatic heterocycles. The van der Waals surface area contributed by atoms with Gasteiger partial charge in [-0.3, -0.25) is 9.59 Å². The quantitative estimate of drug-likeness (QED) is 0.690. The van der Waals surface area contributed by atoms with Crippen LogP contribution in [0.1, 0.15) is 24.2 Å². The van der Waals surface area contributed by atoms with Crippen LogP contribution in [0.25, 0.3) is 0 Å². The molecule has 148 valence electrons. The lowest BCUT2D eigenvalue weighted by Crippen LogP contribution is -2.45. The molecule has 0 spiro atoms. The van der Waals surface area contributed by atoms with E-state index in [1.54, 1.807) is 44.2 Å². The summed E-state index contributed by atoms with van der Waals surface area (Å²) in [7, 11) is 0. The van der Waals surface area contributed by atoms with Crippen LogP contribution in [-0.4, -0.2) is 30.4 Å². The second kappa shape index (κ2) is 9.85. The third kappa shape index (κ3) is 6.06. The summed E-state index contributed by atoms with van der Waals surface area (Å²) in [5, 5.41) is 4.92. The standard InChI is InChI=1S/C20H20ClFN2O4/c1-12(2)18(24-19(26)13-6-4-3-5-7-13)20(27)28-11-17(25)23-14-8-9-16(22)15(21)10-14/h3-10,12,18H,11H2,1-2H3,(H,23,25)(H,24,26). The van der Waals surface area contributed by atoms with Gasteiger partial charge in [-0.25, -0.2) is 9.18 Å². The van der Waals surface area contributed by atoms with Crippen LogP contribution in [0.2, 0.25) is 5.02 Å². The van der Waals surface area contributed by atoms with Crippen molar-refractivity contribution in [3.05, 3.63) is 64.9 Å². The molecule has 1 atom stereocenters. The molecule has 2 amide bonds. The van der Waals surface area contributed by atoms with Gasteiger partial charge in [-0.2, -0.15) is 0 Å². The molecule has 0 aromatic heterocycles. The molecule has 0 aliphatic carbocycles. The molecule has 8 heteroatoms. The summed E-state index contributed by atoms with van der Waals surface area (Å²) >= 11 is 5.65. The first-order chi connectivity index (χ1) is 13.3. The maximum Gasteiger partial charge on any atom is 0.329 e. The van der Waals surface area contributed by atoms with E-state index in [1.165, 1.54) is 12.1 Å². The van der Waals surface area contributed by atoms with E-state index in [2.05, 4.69) is 10.6 Å². The number of anilines is 1. The number of esters is 1. The van der Waals surface area contributed by atoms with Crippen LogP contribution in [0, 0.1) is 11.7 Å². The number of carbonyl (C=O) groups is 3. The third-order valence-electron chi connectivity index (χ3n) is 3.79. The van der Waals surface area contributed by atoms with E-state index < -0.39 is 36.2 Å². The Labute approximate surface area is 167 Å². The highest BCUT2D eigenvalue weighted by atomic mass is 35.5. The van der Waals surface area contributed by atoms with E-state index in [0.717, 1.165) is 6.07 Å². The molecule has 0 aliphatic rings. The van der Waals surface area contributed by atoms with Gasteiger partial charge in [-0.1, -0.05) is 43.6 Å². The lowest BCUT2D eigenvalue weighted by molar-refractivity contribution is -0.150. The van der Waals surface area contributed by atoms with Gasteiger partial charge in [0.1, 0.15) is 11.9 Å². The highest BCUT2D eigenvalue weighted by Gasteiger charge is 2.26. The lowest BCUT2D eigenvalue weighted by Gasteiger charge is -2.20. The van der Waals surface area contributed by atoms with E-state index in [9.17, 15) is 18.8 Å². The highest BCUT2D eigenvalue weighted by Crippen LogP contribution is 2.19. The van der Waals surface area contributed by atoms with Crippen LogP contribution in [0.4, 0.5) is 10.1 Å². The maximum atomic E-state index is 13.1. The number of hydrogen-bond donors (Lipinski definition) is 2. The van der Waals surface area contributed by atoms with E-state index in [0.29, 0.717) is 5.56 Å². The Morgan fingerprint density at radius 2 is 1.79 bits per heavy atom. The van der Waals surface area contributed by atoms with Gasteiger partial charge >= 0.3 is 5.97 Å². The molecule has 2 aromatic rings. The van der Waals surface area contributed by atoms with Crippen molar-refractivity contribution in [2.75, 3.05) is 11.9 Å². The van der Waals surface area contributed by atoms with Gasteiger partial charge in [-0.05, 0) is 36.2 Å². The predicted octanol–water partition coefficient (Wildman–Crippen LogP) is 3.42. The molecule has 6 nitrogen and oxygen atoms in total. The predicted molar refractivity (Wildman–Crippen MR) is 104 cm³/mol. The molecule has 0 fully saturated rings. The van der Waals surface area contributed by atoms with Gasteiger partial charge < -0.3 is 15.4 Å². The van der Waals surface area contributed by atoms with Gasteiger partial charge in [0.25, 0.3) is 11.8 Å². The van der Waals surface area contributed by atoms with Crippen LogP contribution >= 0.6 is 11.6 Å². The van der Waals surface area contributed by atoms with Crippen molar-refractivity contribution in [2.24, 2.45) is 5.92 Å². The lowest BCUT2D eigenvalue weighted by atomic mass is 10.0. The molecular weight excluding hydrogens is 387 g/mol. The number of nitrogens with one attached hydrogen (secondary N) is 2. The number of amides is 2. The summed E-state index contributed by atoms with van der Waals surface area (Å²) in [6.07, 6.45) is 0. The zero-order valence-electron chi connectivity index (χ0n) is 15.4. The highest BCUT2D eigenvalue weighted by molar-refractivity contribution is 6.31. The average Bonchev–Trinajstić information content (AvgIpc) is 2.67. The van der Waals surface area contributed by atoms with Crippen LogP contribution in [0.15, 0.2) is 48.5 Å². The normalized spacial score (nSPS) is 11.6. The fourth-order valence-corrected chi connectivity index (χ4v) is 2.49. The smallest absolute Gasteiger partial charge is 0.329 e. The molecule has 2 aromatic carbocycles. The summed E-state index contributed by atoms with van der Waals surface area (Å²) in [6.45, 7) is 2.94. The molecule has 2 N–H and O–H groups in total. The number of halogens is 2.